The monoisotopic (exact) mass is 405 g/mol. The van der Waals surface area contributed by atoms with Crippen molar-refractivity contribution < 1.29 is 9.90 Å². The van der Waals surface area contributed by atoms with Gasteiger partial charge in [0.25, 0.3) is 0 Å². The quantitative estimate of drug-likeness (QED) is 0.479. The highest BCUT2D eigenvalue weighted by atomic mass is 16.3. The summed E-state index contributed by atoms with van der Waals surface area (Å²) in [5.74, 6) is 0.617. The first-order valence-electron chi connectivity index (χ1n) is 9.94. The number of aliphatic hydroxyl groups is 1. The Balaban J connectivity index is 1.82. The molecule has 30 heavy (non-hydrogen) atoms. The second-order valence-electron chi connectivity index (χ2n) is 7.85. The lowest BCUT2D eigenvalue weighted by Gasteiger charge is -2.23. The summed E-state index contributed by atoms with van der Waals surface area (Å²) in [5, 5.41) is 22.8. The van der Waals surface area contributed by atoms with Gasteiger partial charge in [0.2, 0.25) is 0 Å². The lowest BCUT2D eigenvalue weighted by molar-refractivity contribution is -0.120. The van der Waals surface area contributed by atoms with Crippen LogP contribution >= 0.6 is 0 Å². The number of carbonyl (C=O) groups excluding carboxylic acids is 1. The molecule has 0 aliphatic heterocycles. The number of nitrogens with one attached hydrogen (secondary N) is 1. The van der Waals surface area contributed by atoms with Crippen LogP contribution in [0.25, 0.3) is 11.1 Å². The molecule has 156 valence electrons. The number of hydrogen-bond donors (Lipinski definition) is 3. The molecule has 2 aromatic rings. The summed E-state index contributed by atoms with van der Waals surface area (Å²) in [5.41, 5.74) is 9.83. The number of benzene rings is 1. The maximum atomic E-state index is 12.1. The number of nitrogens with zero attached hydrogens (tertiary/aromatic N) is 3. The van der Waals surface area contributed by atoms with Crippen LogP contribution in [-0.4, -0.2) is 36.2 Å². The topological polar surface area (TPSA) is 115 Å². The van der Waals surface area contributed by atoms with Crippen LogP contribution in [-0.2, 0) is 4.79 Å². The van der Waals surface area contributed by atoms with Gasteiger partial charge in [0.15, 0.2) is 12.0 Å². The summed E-state index contributed by atoms with van der Waals surface area (Å²) in [6.07, 6.45) is 4.73. The molecule has 1 atom stereocenters. The summed E-state index contributed by atoms with van der Waals surface area (Å²) in [7, 11) is 3.68. The Morgan fingerprint density at radius 2 is 2.13 bits per heavy atom. The molecule has 1 aliphatic carbocycles. The molecule has 1 aliphatic rings. The van der Waals surface area contributed by atoms with Gasteiger partial charge in [-0.05, 0) is 49.1 Å². The summed E-state index contributed by atoms with van der Waals surface area (Å²) >= 11 is 0. The minimum atomic E-state index is -1.17. The molecule has 0 radical (unpaired) electrons. The third kappa shape index (κ3) is 4.61. The van der Waals surface area contributed by atoms with E-state index in [2.05, 4.69) is 16.4 Å². The second kappa shape index (κ2) is 8.97. The van der Waals surface area contributed by atoms with Crippen molar-refractivity contribution in [2.45, 2.75) is 32.4 Å². The molecule has 1 heterocycles. The predicted octanol–water partition coefficient (Wildman–Crippen LogP) is 2.94. The first kappa shape index (κ1) is 21.3. The zero-order valence-corrected chi connectivity index (χ0v) is 17.5. The van der Waals surface area contributed by atoms with Gasteiger partial charge in [0.1, 0.15) is 11.9 Å². The van der Waals surface area contributed by atoms with E-state index in [1.54, 1.807) is 17.2 Å². The number of aromatic nitrogens is 1. The van der Waals surface area contributed by atoms with Gasteiger partial charge in [0.05, 0.1) is 11.3 Å². The third-order valence-electron chi connectivity index (χ3n) is 5.39. The van der Waals surface area contributed by atoms with Crippen LogP contribution in [0.5, 0.6) is 0 Å². The van der Waals surface area contributed by atoms with Crippen molar-refractivity contribution in [3.05, 3.63) is 53.4 Å². The average Bonchev–Trinajstić information content (AvgIpc) is 2.67. The zero-order valence-electron chi connectivity index (χ0n) is 17.5. The molecule has 1 aromatic heterocycles. The molecule has 0 bridgehead atoms. The minimum absolute atomic E-state index is 0.0275. The van der Waals surface area contributed by atoms with Crippen LogP contribution in [0.1, 0.15) is 30.4 Å². The molecule has 1 unspecified atom stereocenters. The molecule has 1 aromatic carbocycles. The van der Waals surface area contributed by atoms with E-state index in [9.17, 15) is 15.2 Å². The van der Waals surface area contributed by atoms with E-state index in [0.29, 0.717) is 17.1 Å². The molecule has 0 saturated heterocycles. The minimum Gasteiger partial charge on any atom is -0.398 e. The van der Waals surface area contributed by atoms with Crippen LogP contribution in [0.4, 0.5) is 11.5 Å². The fourth-order valence-electron chi connectivity index (χ4n) is 3.36. The Bertz CT molecular complexity index is 1020. The van der Waals surface area contributed by atoms with Gasteiger partial charge in [0, 0.05) is 43.5 Å². The van der Waals surface area contributed by atoms with E-state index in [1.165, 1.54) is 6.08 Å². The lowest BCUT2D eigenvalue weighted by Crippen LogP contribution is -2.29. The standard InChI is InChI=1S/C23H27N5O2/c1-14-7-8-18(27-23(30)20(25)11-21(29)15-5-4-6-15)10-19(14)17-9-16(12-24)22(26-13-17)28(2)3/h7-11,13,15,23,27,30H,4-6,25H2,1-3H3. The fourth-order valence-corrected chi connectivity index (χ4v) is 3.36. The van der Waals surface area contributed by atoms with Gasteiger partial charge >= 0.3 is 0 Å². The maximum Gasteiger partial charge on any atom is 0.165 e. The Kier molecular flexibility index (Phi) is 6.38. The van der Waals surface area contributed by atoms with Crippen molar-refractivity contribution in [1.82, 2.24) is 4.98 Å². The third-order valence-corrected chi connectivity index (χ3v) is 5.39. The highest BCUT2D eigenvalue weighted by molar-refractivity contribution is 5.93. The van der Waals surface area contributed by atoms with Crippen molar-refractivity contribution in [2.24, 2.45) is 11.7 Å². The van der Waals surface area contributed by atoms with Gasteiger partial charge in [-0.15, -0.1) is 0 Å². The van der Waals surface area contributed by atoms with E-state index < -0.39 is 6.23 Å². The van der Waals surface area contributed by atoms with E-state index in [0.717, 1.165) is 36.0 Å². The predicted molar refractivity (Wildman–Crippen MR) is 118 cm³/mol. The second-order valence-corrected chi connectivity index (χ2v) is 7.85. The smallest absolute Gasteiger partial charge is 0.165 e. The molecule has 7 heteroatoms. The van der Waals surface area contributed by atoms with Gasteiger partial charge in [-0.1, -0.05) is 12.5 Å². The molecule has 0 spiro atoms. The Hall–Kier alpha value is -3.37. The van der Waals surface area contributed by atoms with Crippen LogP contribution < -0.4 is 16.0 Å². The molecule has 3 rings (SSSR count). The molecular formula is C23H27N5O2. The molecule has 4 N–H and O–H groups in total. The highest BCUT2D eigenvalue weighted by Gasteiger charge is 2.24. The van der Waals surface area contributed by atoms with E-state index in [1.807, 2.05) is 39.2 Å². The molecule has 1 saturated carbocycles. The van der Waals surface area contributed by atoms with Crippen molar-refractivity contribution in [2.75, 3.05) is 24.3 Å². The summed E-state index contributed by atoms with van der Waals surface area (Å²) in [6.45, 7) is 1.97. The van der Waals surface area contributed by atoms with E-state index in [4.69, 9.17) is 5.73 Å². The number of nitriles is 1. The number of carbonyl (C=O) groups is 1. The van der Waals surface area contributed by atoms with Crippen molar-refractivity contribution in [3.63, 3.8) is 0 Å². The first-order valence-corrected chi connectivity index (χ1v) is 9.94. The number of aliphatic hydroxyl groups excluding tert-OH is 1. The maximum absolute atomic E-state index is 12.1. The normalized spacial score (nSPS) is 15.1. The van der Waals surface area contributed by atoms with Gasteiger partial charge in [-0.25, -0.2) is 4.98 Å². The van der Waals surface area contributed by atoms with E-state index in [-0.39, 0.29) is 17.4 Å². The summed E-state index contributed by atoms with van der Waals surface area (Å²) in [4.78, 5) is 18.3. The van der Waals surface area contributed by atoms with Crippen molar-refractivity contribution in [3.8, 4) is 17.2 Å². The number of anilines is 2. The lowest BCUT2D eigenvalue weighted by atomic mass is 9.82. The number of pyridine rings is 1. The Morgan fingerprint density at radius 3 is 2.73 bits per heavy atom. The largest absolute Gasteiger partial charge is 0.398 e. The SMILES string of the molecule is Cc1ccc(NC(O)C(N)=CC(=O)C2CCC2)cc1-c1cnc(N(C)C)c(C#N)c1. The van der Waals surface area contributed by atoms with Gasteiger partial charge in [-0.3, -0.25) is 4.79 Å². The Morgan fingerprint density at radius 1 is 1.40 bits per heavy atom. The van der Waals surface area contributed by atoms with Gasteiger partial charge in [-0.2, -0.15) is 5.26 Å². The number of nitrogens with two attached hydrogens (primary N) is 1. The number of aryl methyl sites for hydroxylation is 1. The average molecular weight is 406 g/mol. The zero-order chi connectivity index (χ0) is 21.8. The molecule has 0 amide bonds. The van der Waals surface area contributed by atoms with Crippen LogP contribution in [0.2, 0.25) is 0 Å². The molecule has 7 nitrogen and oxygen atoms in total. The number of hydrogen-bond acceptors (Lipinski definition) is 7. The summed E-state index contributed by atoms with van der Waals surface area (Å²) in [6, 6.07) is 9.60. The highest BCUT2D eigenvalue weighted by Crippen LogP contribution is 2.30. The fraction of sp³-hybridized carbons (Fsp3) is 0.348. The van der Waals surface area contributed by atoms with Crippen molar-refractivity contribution in [1.29, 1.82) is 5.26 Å². The van der Waals surface area contributed by atoms with Crippen LogP contribution in [0.3, 0.4) is 0 Å². The summed E-state index contributed by atoms with van der Waals surface area (Å²) < 4.78 is 0. The van der Waals surface area contributed by atoms with Gasteiger partial charge < -0.3 is 21.1 Å². The number of rotatable bonds is 7. The Labute approximate surface area is 176 Å². The molecular weight excluding hydrogens is 378 g/mol. The number of allylic oxidation sites excluding steroid dienone is 1. The van der Waals surface area contributed by atoms with Crippen LogP contribution in [0, 0.1) is 24.2 Å². The number of ketones is 1. The first-order chi connectivity index (χ1) is 14.3. The molecule has 1 fully saturated rings. The van der Waals surface area contributed by atoms with Crippen LogP contribution in [0.15, 0.2) is 42.2 Å². The van der Waals surface area contributed by atoms with Crippen molar-refractivity contribution >= 4 is 17.3 Å². The van der Waals surface area contributed by atoms with E-state index >= 15 is 0 Å².